The lowest BCUT2D eigenvalue weighted by Crippen LogP contribution is -2.42. The molecule has 1 aliphatic heterocycles. The average molecular weight is 200 g/mol. The van der Waals surface area contributed by atoms with E-state index in [0.717, 1.165) is 19.5 Å². The van der Waals surface area contributed by atoms with Gasteiger partial charge < -0.3 is 10.4 Å². The summed E-state index contributed by atoms with van der Waals surface area (Å²) in [5.74, 6) is -0.779. The van der Waals surface area contributed by atoms with Crippen molar-refractivity contribution in [1.29, 1.82) is 0 Å². The molecule has 1 unspecified atom stereocenters. The van der Waals surface area contributed by atoms with Crippen LogP contribution < -0.4 is 5.32 Å². The van der Waals surface area contributed by atoms with Gasteiger partial charge in [-0.3, -0.25) is 9.69 Å². The summed E-state index contributed by atoms with van der Waals surface area (Å²) in [5.41, 5.74) is 0.194. The number of carbonyl (C=O) groups is 1. The first-order chi connectivity index (χ1) is 6.39. The molecule has 0 saturated carbocycles. The van der Waals surface area contributed by atoms with E-state index in [4.69, 9.17) is 5.11 Å². The highest BCUT2D eigenvalue weighted by Crippen LogP contribution is 2.20. The van der Waals surface area contributed by atoms with Gasteiger partial charge in [-0.15, -0.1) is 0 Å². The van der Waals surface area contributed by atoms with Crippen molar-refractivity contribution in [3.63, 3.8) is 0 Å². The molecule has 1 heterocycles. The van der Waals surface area contributed by atoms with E-state index in [9.17, 15) is 4.79 Å². The largest absolute Gasteiger partial charge is 0.480 e. The van der Waals surface area contributed by atoms with E-state index in [2.05, 4.69) is 31.0 Å². The first kappa shape index (κ1) is 11.5. The third-order valence-corrected chi connectivity index (χ3v) is 2.68. The molecule has 0 aromatic carbocycles. The third-order valence-electron chi connectivity index (χ3n) is 2.68. The van der Waals surface area contributed by atoms with Crippen LogP contribution in [0.5, 0.6) is 0 Å². The summed E-state index contributed by atoms with van der Waals surface area (Å²) in [5, 5.41) is 11.6. The molecule has 0 amide bonds. The minimum absolute atomic E-state index is 0.0721. The minimum atomic E-state index is -0.779. The summed E-state index contributed by atoms with van der Waals surface area (Å²) in [6.45, 7) is 8.64. The molecule has 1 saturated heterocycles. The van der Waals surface area contributed by atoms with Gasteiger partial charge in [0.25, 0.3) is 0 Å². The topological polar surface area (TPSA) is 52.6 Å². The van der Waals surface area contributed by atoms with Crippen LogP contribution in [-0.2, 0) is 4.79 Å². The van der Waals surface area contributed by atoms with Gasteiger partial charge in [0.1, 0.15) is 0 Å². The van der Waals surface area contributed by atoms with E-state index in [1.165, 1.54) is 0 Å². The third kappa shape index (κ3) is 3.27. The molecule has 0 spiro atoms. The van der Waals surface area contributed by atoms with Gasteiger partial charge in [-0.25, -0.2) is 0 Å². The Labute approximate surface area is 85.3 Å². The maximum absolute atomic E-state index is 10.4. The zero-order valence-corrected chi connectivity index (χ0v) is 9.21. The second kappa shape index (κ2) is 4.28. The molecule has 0 radical (unpaired) electrons. The Kier molecular flexibility index (Phi) is 3.50. The maximum atomic E-state index is 10.4. The number of nitrogens with zero attached hydrogens (tertiary/aromatic N) is 1. The fourth-order valence-electron chi connectivity index (χ4n) is 1.77. The lowest BCUT2D eigenvalue weighted by molar-refractivity contribution is -0.136. The van der Waals surface area contributed by atoms with Crippen LogP contribution in [0.3, 0.4) is 0 Å². The van der Waals surface area contributed by atoms with Crippen molar-refractivity contribution >= 4 is 5.97 Å². The SMILES string of the molecule is CC(C)(C)N1CCC(NCC(=O)O)C1. The first-order valence-corrected chi connectivity index (χ1v) is 5.10. The van der Waals surface area contributed by atoms with Crippen LogP contribution in [0.4, 0.5) is 0 Å². The van der Waals surface area contributed by atoms with Crippen LogP contribution in [0, 0.1) is 0 Å². The molecule has 0 bridgehead atoms. The fourth-order valence-corrected chi connectivity index (χ4v) is 1.77. The molecule has 4 heteroatoms. The highest BCUT2D eigenvalue weighted by atomic mass is 16.4. The van der Waals surface area contributed by atoms with Crippen LogP contribution in [0.2, 0.25) is 0 Å². The predicted molar refractivity (Wildman–Crippen MR) is 55.4 cm³/mol. The molecule has 0 aromatic heterocycles. The molecule has 1 aliphatic rings. The number of carboxylic acid groups (broad SMARTS) is 1. The van der Waals surface area contributed by atoms with E-state index in [0.29, 0.717) is 6.04 Å². The Morgan fingerprint density at radius 2 is 2.21 bits per heavy atom. The van der Waals surface area contributed by atoms with E-state index in [1.807, 2.05) is 0 Å². The lowest BCUT2D eigenvalue weighted by atomic mass is 10.1. The predicted octanol–water partition coefficient (Wildman–Crippen LogP) is 0.533. The van der Waals surface area contributed by atoms with E-state index in [1.54, 1.807) is 0 Å². The number of hydrogen-bond acceptors (Lipinski definition) is 3. The molecule has 2 N–H and O–H groups in total. The summed E-state index contributed by atoms with van der Waals surface area (Å²) >= 11 is 0. The van der Waals surface area contributed by atoms with Gasteiger partial charge in [0.2, 0.25) is 0 Å². The molecule has 0 aromatic rings. The number of carboxylic acids is 1. The number of aliphatic carboxylic acids is 1. The standard InChI is InChI=1S/C10H20N2O2/c1-10(2,3)12-5-4-8(7-12)11-6-9(13)14/h8,11H,4-7H2,1-3H3,(H,13,14). The molecule has 14 heavy (non-hydrogen) atoms. The summed E-state index contributed by atoms with van der Waals surface area (Å²) in [6.07, 6.45) is 1.05. The second-order valence-corrected chi connectivity index (χ2v) is 4.88. The Balaban J connectivity index is 2.31. The van der Waals surface area contributed by atoms with Gasteiger partial charge in [0.15, 0.2) is 0 Å². The van der Waals surface area contributed by atoms with E-state index >= 15 is 0 Å². The monoisotopic (exact) mass is 200 g/mol. The molecule has 4 nitrogen and oxygen atoms in total. The molecule has 0 aliphatic carbocycles. The fraction of sp³-hybridized carbons (Fsp3) is 0.900. The van der Waals surface area contributed by atoms with Gasteiger partial charge >= 0.3 is 5.97 Å². The number of hydrogen-bond donors (Lipinski definition) is 2. The molecule has 82 valence electrons. The van der Waals surface area contributed by atoms with Gasteiger partial charge in [0.05, 0.1) is 6.54 Å². The summed E-state index contributed by atoms with van der Waals surface area (Å²) in [6, 6.07) is 0.338. The van der Waals surface area contributed by atoms with Crippen LogP contribution in [0.15, 0.2) is 0 Å². The first-order valence-electron chi connectivity index (χ1n) is 5.10. The number of likely N-dealkylation sites (tertiary alicyclic amines) is 1. The van der Waals surface area contributed by atoms with Gasteiger partial charge in [0, 0.05) is 24.7 Å². The van der Waals surface area contributed by atoms with Crippen molar-refractivity contribution in [2.24, 2.45) is 0 Å². The highest BCUT2D eigenvalue weighted by Gasteiger charge is 2.29. The average Bonchev–Trinajstić information content (AvgIpc) is 2.47. The van der Waals surface area contributed by atoms with Crippen molar-refractivity contribution in [2.45, 2.75) is 38.8 Å². The molecule has 1 atom stereocenters. The Hall–Kier alpha value is -0.610. The van der Waals surface area contributed by atoms with Crippen molar-refractivity contribution in [2.75, 3.05) is 19.6 Å². The van der Waals surface area contributed by atoms with E-state index in [-0.39, 0.29) is 12.1 Å². The normalized spacial score (nSPS) is 24.1. The lowest BCUT2D eigenvalue weighted by Gasteiger charge is -2.31. The Bertz CT molecular complexity index is 211. The van der Waals surface area contributed by atoms with Gasteiger partial charge in [-0.05, 0) is 27.2 Å². The Morgan fingerprint density at radius 1 is 1.57 bits per heavy atom. The number of nitrogens with one attached hydrogen (secondary N) is 1. The van der Waals surface area contributed by atoms with E-state index < -0.39 is 5.97 Å². The van der Waals surface area contributed by atoms with Crippen molar-refractivity contribution in [1.82, 2.24) is 10.2 Å². The maximum Gasteiger partial charge on any atom is 0.317 e. The van der Waals surface area contributed by atoms with Gasteiger partial charge in [-0.2, -0.15) is 0 Å². The second-order valence-electron chi connectivity index (χ2n) is 4.88. The molecule has 1 rings (SSSR count). The van der Waals surface area contributed by atoms with Crippen LogP contribution in [0.1, 0.15) is 27.2 Å². The van der Waals surface area contributed by atoms with Crippen LogP contribution in [-0.4, -0.2) is 47.2 Å². The summed E-state index contributed by atoms with van der Waals surface area (Å²) in [7, 11) is 0. The summed E-state index contributed by atoms with van der Waals surface area (Å²) < 4.78 is 0. The minimum Gasteiger partial charge on any atom is -0.480 e. The zero-order valence-electron chi connectivity index (χ0n) is 9.21. The van der Waals surface area contributed by atoms with Gasteiger partial charge in [-0.1, -0.05) is 0 Å². The quantitative estimate of drug-likeness (QED) is 0.698. The molecule has 1 fully saturated rings. The number of rotatable bonds is 3. The Morgan fingerprint density at radius 3 is 2.64 bits per heavy atom. The van der Waals surface area contributed by atoms with Crippen molar-refractivity contribution in [3.8, 4) is 0 Å². The highest BCUT2D eigenvalue weighted by molar-refractivity contribution is 5.69. The van der Waals surface area contributed by atoms with Crippen molar-refractivity contribution in [3.05, 3.63) is 0 Å². The van der Waals surface area contributed by atoms with Crippen molar-refractivity contribution < 1.29 is 9.90 Å². The summed E-state index contributed by atoms with van der Waals surface area (Å²) in [4.78, 5) is 12.7. The van der Waals surface area contributed by atoms with Crippen LogP contribution >= 0.6 is 0 Å². The van der Waals surface area contributed by atoms with Crippen LogP contribution in [0.25, 0.3) is 0 Å². The zero-order chi connectivity index (χ0) is 10.8. The smallest absolute Gasteiger partial charge is 0.317 e. The molecular formula is C10H20N2O2. The molecular weight excluding hydrogens is 180 g/mol.